The molecule has 1 heterocycles. The van der Waals surface area contributed by atoms with E-state index in [1.165, 1.54) is 12.8 Å². The summed E-state index contributed by atoms with van der Waals surface area (Å²) in [6, 6.07) is 0. The van der Waals surface area contributed by atoms with Crippen molar-refractivity contribution in [2.45, 2.75) is 46.6 Å². The molecule has 2 aliphatic rings. The average molecular weight is 208 g/mol. The summed E-state index contributed by atoms with van der Waals surface area (Å²) in [5, 5.41) is 0. The molecule has 0 aromatic heterocycles. The molecule has 1 nitrogen and oxygen atoms in total. The quantitative estimate of drug-likeness (QED) is 0.629. The predicted molar refractivity (Wildman–Crippen MR) is 63.7 cm³/mol. The zero-order valence-corrected chi connectivity index (χ0v) is 10.5. The highest BCUT2D eigenvalue weighted by Gasteiger charge is 2.42. The lowest BCUT2D eigenvalue weighted by atomic mass is 9.65. The molecule has 15 heavy (non-hydrogen) atoms. The zero-order chi connectivity index (χ0) is 11.0. The van der Waals surface area contributed by atoms with E-state index in [1.54, 1.807) is 5.57 Å². The lowest BCUT2D eigenvalue weighted by molar-refractivity contribution is -0.0939. The summed E-state index contributed by atoms with van der Waals surface area (Å²) in [6.45, 7) is 10.3. The van der Waals surface area contributed by atoms with E-state index >= 15 is 0 Å². The molecule has 86 valence electrons. The summed E-state index contributed by atoms with van der Waals surface area (Å²) < 4.78 is 6.06. The van der Waals surface area contributed by atoms with Gasteiger partial charge in [0.05, 0.1) is 12.7 Å². The number of fused-ring (bicyclic) bond motifs is 2. The second kappa shape index (κ2) is 4.29. The Balaban J connectivity index is 2.22. The van der Waals surface area contributed by atoms with Crippen molar-refractivity contribution in [2.75, 3.05) is 6.61 Å². The van der Waals surface area contributed by atoms with Crippen LogP contribution in [-0.4, -0.2) is 12.7 Å². The van der Waals surface area contributed by atoms with Crippen molar-refractivity contribution in [3.63, 3.8) is 0 Å². The normalized spacial score (nSPS) is 45.1. The molecular weight excluding hydrogens is 184 g/mol. The Kier molecular flexibility index (Phi) is 3.20. The van der Waals surface area contributed by atoms with Crippen LogP contribution in [0.15, 0.2) is 11.6 Å². The largest absolute Gasteiger partial charge is 0.377 e. The van der Waals surface area contributed by atoms with E-state index in [0.717, 1.165) is 18.4 Å². The van der Waals surface area contributed by atoms with E-state index in [1.807, 2.05) is 0 Å². The molecule has 0 amide bonds. The first kappa shape index (κ1) is 11.2. The minimum Gasteiger partial charge on any atom is -0.377 e. The summed E-state index contributed by atoms with van der Waals surface area (Å²) in [5.74, 6) is 2.97. The van der Waals surface area contributed by atoms with Crippen LogP contribution in [0.5, 0.6) is 0 Å². The van der Waals surface area contributed by atoms with Crippen molar-refractivity contribution in [1.82, 2.24) is 0 Å². The molecule has 0 unspecified atom stereocenters. The monoisotopic (exact) mass is 208 g/mol. The van der Waals surface area contributed by atoms with Crippen molar-refractivity contribution >= 4 is 0 Å². The molecule has 0 spiro atoms. The van der Waals surface area contributed by atoms with Gasteiger partial charge in [0.1, 0.15) is 0 Å². The molecule has 0 saturated carbocycles. The van der Waals surface area contributed by atoms with Crippen LogP contribution in [0.2, 0.25) is 0 Å². The summed E-state index contributed by atoms with van der Waals surface area (Å²) in [6.07, 6.45) is 5.44. The standard InChI is InChI=1S/C14H24O/c1-5-6-13-14-10(3)7-9(2)12(8-15-13)11(14)4/h7,9,11-14H,5-6,8H2,1-4H3/t9-,11+,12-,13+,14-/m0/s1. The average Bonchev–Trinajstić information content (AvgIpc) is 2.15. The van der Waals surface area contributed by atoms with Gasteiger partial charge in [0.25, 0.3) is 0 Å². The minimum atomic E-state index is 0.491. The van der Waals surface area contributed by atoms with Gasteiger partial charge in [-0.3, -0.25) is 0 Å². The van der Waals surface area contributed by atoms with E-state index in [2.05, 4.69) is 33.8 Å². The fraction of sp³-hybridized carbons (Fsp3) is 0.857. The van der Waals surface area contributed by atoms with Crippen LogP contribution >= 0.6 is 0 Å². The Hall–Kier alpha value is -0.300. The molecular formula is C14H24O. The highest BCUT2D eigenvalue weighted by Crippen LogP contribution is 2.45. The van der Waals surface area contributed by atoms with E-state index in [-0.39, 0.29) is 0 Å². The zero-order valence-electron chi connectivity index (χ0n) is 10.5. The van der Waals surface area contributed by atoms with Crippen molar-refractivity contribution in [3.8, 4) is 0 Å². The van der Waals surface area contributed by atoms with Crippen LogP contribution in [0.1, 0.15) is 40.5 Å². The number of allylic oxidation sites excluding steroid dienone is 1. The molecule has 0 aromatic carbocycles. The second-order valence-electron chi connectivity index (χ2n) is 5.48. The van der Waals surface area contributed by atoms with E-state index in [9.17, 15) is 0 Å². The maximum Gasteiger partial charge on any atom is 0.0642 e. The third-order valence-corrected chi connectivity index (χ3v) is 4.45. The summed E-state index contributed by atoms with van der Waals surface area (Å²) >= 11 is 0. The van der Waals surface area contributed by atoms with Crippen LogP contribution < -0.4 is 0 Å². The molecule has 0 aromatic rings. The fourth-order valence-corrected chi connectivity index (χ4v) is 3.63. The van der Waals surface area contributed by atoms with Crippen molar-refractivity contribution < 1.29 is 4.74 Å². The van der Waals surface area contributed by atoms with Gasteiger partial charge < -0.3 is 4.74 Å². The van der Waals surface area contributed by atoms with Crippen molar-refractivity contribution in [3.05, 3.63) is 11.6 Å². The number of ether oxygens (including phenoxy) is 1. The Labute approximate surface area is 93.9 Å². The number of hydrogen-bond acceptors (Lipinski definition) is 1. The summed E-state index contributed by atoms with van der Waals surface area (Å²) in [5.41, 5.74) is 1.57. The fourth-order valence-electron chi connectivity index (χ4n) is 3.63. The van der Waals surface area contributed by atoms with Crippen LogP contribution in [-0.2, 0) is 4.74 Å². The SMILES string of the molecule is CCC[C@H]1OC[C@@H]2[C@@H](C)[C@@H]1C(C)=C[C@@H]2C. The topological polar surface area (TPSA) is 9.23 Å². The molecule has 1 aliphatic heterocycles. The second-order valence-corrected chi connectivity index (χ2v) is 5.48. The molecule has 1 heteroatoms. The van der Waals surface area contributed by atoms with Gasteiger partial charge in [0, 0.05) is 5.92 Å². The van der Waals surface area contributed by atoms with Gasteiger partial charge >= 0.3 is 0 Å². The first-order valence-electron chi connectivity index (χ1n) is 6.45. The number of hydrogen-bond donors (Lipinski definition) is 0. The van der Waals surface area contributed by atoms with Gasteiger partial charge in [0.2, 0.25) is 0 Å². The lowest BCUT2D eigenvalue weighted by Crippen LogP contribution is -2.46. The summed E-state index contributed by atoms with van der Waals surface area (Å²) in [4.78, 5) is 0. The molecule has 5 atom stereocenters. The third kappa shape index (κ3) is 1.87. The van der Waals surface area contributed by atoms with Gasteiger partial charge in [-0.25, -0.2) is 0 Å². The van der Waals surface area contributed by atoms with Crippen molar-refractivity contribution in [1.29, 1.82) is 0 Å². The van der Waals surface area contributed by atoms with Gasteiger partial charge in [-0.2, -0.15) is 0 Å². The Morgan fingerprint density at radius 1 is 1.40 bits per heavy atom. The first-order valence-corrected chi connectivity index (χ1v) is 6.45. The summed E-state index contributed by atoms with van der Waals surface area (Å²) in [7, 11) is 0. The van der Waals surface area contributed by atoms with Gasteiger partial charge in [-0.1, -0.05) is 38.8 Å². The molecule has 0 N–H and O–H groups in total. The first-order chi connectivity index (χ1) is 7.15. The maximum atomic E-state index is 6.06. The molecule has 2 rings (SSSR count). The predicted octanol–water partition coefficient (Wildman–Crippen LogP) is 3.65. The molecule has 1 aliphatic carbocycles. The third-order valence-electron chi connectivity index (χ3n) is 4.45. The maximum absolute atomic E-state index is 6.06. The Bertz CT molecular complexity index is 256. The highest BCUT2D eigenvalue weighted by atomic mass is 16.5. The smallest absolute Gasteiger partial charge is 0.0642 e. The van der Waals surface area contributed by atoms with Gasteiger partial charge in [-0.15, -0.1) is 0 Å². The van der Waals surface area contributed by atoms with Gasteiger partial charge in [-0.05, 0) is 31.1 Å². The Morgan fingerprint density at radius 3 is 2.80 bits per heavy atom. The molecule has 0 radical (unpaired) electrons. The van der Waals surface area contributed by atoms with Crippen LogP contribution in [0.3, 0.4) is 0 Å². The lowest BCUT2D eigenvalue weighted by Gasteiger charge is -2.47. The molecule has 1 saturated heterocycles. The minimum absolute atomic E-state index is 0.491. The molecule has 2 bridgehead atoms. The van der Waals surface area contributed by atoms with E-state index < -0.39 is 0 Å². The Morgan fingerprint density at radius 2 is 2.13 bits per heavy atom. The molecule has 1 fully saturated rings. The van der Waals surface area contributed by atoms with Crippen molar-refractivity contribution in [2.24, 2.45) is 23.7 Å². The van der Waals surface area contributed by atoms with Crippen LogP contribution in [0.4, 0.5) is 0 Å². The van der Waals surface area contributed by atoms with Crippen LogP contribution in [0.25, 0.3) is 0 Å². The van der Waals surface area contributed by atoms with Crippen LogP contribution in [0, 0.1) is 23.7 Å². The highest BCUT2D eigenvalue weighted by molar-refractivity contribution is 5.16. The number of rotatable bonds is 2. The van der Waals surface area contributed by atoms with E-state index in [4.69, 9.17) is 4.74 Å². The van der Waals surface area contributed by atoms with Gasteiger partial charge in [0.15, 0.2) is 0 Å². The van der Waals surface area contributed by atoms with E-state index in [0.29, 0.717) is 17.9 Å².